The summed E-state index contributed by atoms with van der Waals surface area (Å²) in [5.74, 6) is -0.956. The van der Waals surface area contributed by atoms with Gasteiger partial charge in [-0.1, -0.05) is 11.2 Å². The number of sulfonamides is 1. The van der Waals surface area contributed by atoms with Crippen molar-refractivity contribution in [1.29, 1.82) is 0 Å². The Morgan fingerprint density at radius 3 is 2.45 bits per heavy atom. The smallest absolute Gasteiger partial charge is 0.322 e. The van der Waals surface area contributed by atoms with Crippen LogP contribution in [0.5, 0.6) is 0 Å². The van der Waals surface area contributed by atoms with Crippen molar-refractivity contribution in [2.75, 3.05) is 12.4 Å². The van der Waals surface area contributed by atoms with E-state index in [0.29, 0.717) is 5.56 Å². The highest BCUT2D eigenvalue weighted by molar-refractivity contribution is 7.89. The third-order valence-corrected chi connectivity index (χ3v) is 6.29. The van der Waals surface area contributed by atoms with Crippen LogP contribution >= 0.6 is 0 Å². The van der Waals surface area contributed by atoms with Crippen LogP contribution in [0, 0.1) is 5.82 Å². The summed E-state index contributed by atoms with van der Waals surface area (Å²) in [5.41, 5.74) is 0.587. The number of benzene rings is 2. The molecular formula is C19H19FN4O4S. The number of hydrogen-bond acceptors (Lipinski definition) is 6. The summed E-state index contributed by atoms with van der Waals surface area (Å²) in [6.07, 6.45) is 0. The van der Waals surface area contributed by atoms with Gasteiger partial charge < -0.3 is 4.42 Å². The predicted molar refractivity (Wildman–Crippen MR) is 104 cm³/mol. The quantitative estimate of drug-likeness (QED) is 0.659. The van der Waals surface area contributed by atoms with Gasteiger partial charge in [0.15, 0.2) is 0 Å². The maximum atomic E-state index is 13.3. The number of amides is 1. The minimum Gasteiger partial charge on any atom is -0.403 e. The fourth-order valence-electron chi connectivity index (χ4n) is 2.40. The van der Waals surface area contributed by atoms with Crippen molar-refractivity contribution in [3.63, 3.8) is 0 Å². The zero-order valence-electron chi connectivity index (χ0n) is 16.0. The number of hydrogen-bond donors (Lipinski definition) is 1. The fourth-order valence-corrected chi connectivity index (χ4v) is 3.77. The second-order valence-corrected chi connectivity index (χ2v) is 8.51. The average molecular weight is 418 g/mol. The molecule has 152 valence electrons. The Bertz CT molecular complexity index is 1130. The molecule has 0 atom stereocenters. The van der Waals surface area contributed by atoms with E-state index in [1.54, 1.807) is 19.9 Å². The summed E-state index contributed by atoms with van der Waals surface area (Å²) in [7, 11) is -2.15. The molecule has 0 bridgehead atoms. The van der Waals surface area contributed by atoms with Crippen molar-refractivity contribution >= 4 is 21.9 Å². The Hall–Kier alpha value is -3.11. The molecule has 2 aromatic carbocycles. The molecule has 0 saturated heterocycles. The third-order valence-electron chi connectivity index (χ3n) is 4.24. The molecular weight excluding hydrogens is 399 g/mol. The molecule has 1 aromatic heterocycles. The van der Waals surface area contributed by atoms with Gasteiger partial charge in [0.05, 0.1) is 4.90 Å². The van der Waals surface area contributed by atoms with E-state index in [0.717, 1.165) is 0 Å². The molecule has 0 unspecified atom stereocenters. The molecule has 10 heteroatoms. The first-order chi connectivity index (χ1) is 13.7. The Kier molecular flexibility index (Phi) is 5.76. The first kappa shape index (κ1) is 20.6. The van der Waals surface area contributed by atoms with E-state index in [2.05, 4.69) is 15.5 Å². The van der Waals surface area contributed by atoms with Crippen LogP contribution in [0.3, 0.4) is 0 Å². The normalized spacial score (nSPS) is 11.8. The Morgan fingerprint density at radius 1 is 1.14 bits per heavy atom. The lowest BCUT2D eigenvalue weighted by atomic mass is 10.2. The SMILES string of the molecule is CC(C)N(C)S(=O)(=O)c1ccc(C(=O)Nc2nnc(-c3cccc(F)c3)o2)cc1. The number of carbonyl (C=O) groups excluding carboxylic acids is 1. The minimum absolute atomic E-state index is 0.0537. The van der Waals surface area contributed by atoms with Crippen LogP contribution in [0.4, 0.5) is 10.4 Å². The van der Waals surface area contributed by atoms with Crippen LogP contribution in [0.25, 0.3) is 11.5 Å². The van der Waals surface area contributed by atoms with Crippen LogP contribution in [-0.2, 0) is 10.0 Å². The lowest BCUT2D eigenvalue weighted by Gasteiger charge is -2.20. The average Bonchev–Trinajstić information content (AvgIpc) is 3.16. The highest BCUT2D eigenvalue weighted by Crippen LogP contribution is 2.21. The van der Waals surface area contributed by atoms with E-state index >= 15 is 0 Å². The highest BCUT2D eigenvalue weighted by atomic mass is 32.2. The first-order valence-electron chi connectivity index (χ1n) is 8.67. The van der Waals surface area contributed by atoms with E-state index < -0.39 is 21.7 Å². The van der Waals surface area contributed by atoms with Crippen LogP contribution < -0.4 is 5.32 Å². The zero-order chi connectivity index (χ0) is 21.2. The summed E-state index contributed by atoms with van der Waals surface area (Å²) in [4.78, 5) is 12.4. The molecule has 1 heterocycles. The van der Waals surface area contributed by atoms with Gasteiger partial charge >= 0.3 is 6.01 Å². The summed E-state index contributed by atoms with van der Waals surface area (Å²) >= 11 is 0. The van der Waals surface area contributed by atoms with Gasteiger partial charge in [-0.05, 0) is 56.3 Å². The molecule has 3 rings (SSSR count). The standard InChI is InChI=1S/C19H19FN4O4S/c1-12(2)24(3)29(26,27)16-9-7-13(8-10-16)17(25)21-19-23-22-18(28-19)14-5-4-6-15(20)11-14/h4-12H,1-3H3,(H,21,23,25). The summed E-state index contributed by atoms with van der Waals surface area (Å²) < 4.78 is 44.8. The van der Waals surface area contributed by atoms with Gasteiger partial charge in [-0.3, -0.25) is 10.1 Å². The summed E-state index contributed by atoms with van der Waals surface area (Å²) in [5, 5.41) is 9.92. The third kappa shape index (κ3) is 4.49. The van der Waals surface area contributed by atoms with Gasteiger partial charge in [0.2, 0.25) is 15.9 Å². The van der Waals surface area contributed by atoms with Gasteiger partial charge in [0.1, 0.15) is 5.82 Å². The molecule has 0 spiro atoms. The minimum atomic E-state index is -3.64. The maximum absolute atomic E-state index is 13.3. The molecule has 3 aromatic rings. The second kappa shape index (κ2) is 8.10. The van der Waals surface area contributed by atoms with Crippen molar-refractivity contribution in [3.05, 3.63) is 59.9 Å². The zero-order valence-corrected chi connectivity index (χ0v) is 16.8. The molecule has 0 aliphatic rings. The van der Waals surface area contributed by atoms with Crippen LogP contribution in [0.1, 0.15) is 24.2 Å². The van der Waals surface area contributed by atoms with Crippen molar-refractivity contribution < 1.29 is 22.0 Å². The molecule has 1 N–H and O–H groups in total. The van der Waals surface area contributed by atoms with Crippen molar-refractivity contribution in [3.8, 4) is 11.5 Å². The van der Waals surface area contributed by atoms with E-state index in [1.165, 1.54) is 53.8 Å². The monoisotopic (exact) mass is 418 g/mol. The number of anilines is 1. The lowest BCUT2D eigenvalue weighted by Crippen LogP contribution is -2.33. The summed E-state index contributed by atoms with van der Waals surface area (Å²) in [6, 6.07) is 10.7. The Balaban J connectivity index is 1.74. The number of halogens is 1. The van der Waals surface area contributed by atoms with Crippen molar-refractivity contribution in [2.24, 2.45) is 0 Å². The number of carbonyl (C=O) groups is 1. The van der Waals surface area contributed by atoms with E-state index in [1.807, 2.05) is 0 Å². The molecule has 0 fully saturated rings. The number of nitrogens with zero attached hydrogens (tertiary/aromatic N) is 3. The highest BCUT2D eigenvalue weighted by Gasteiger charge is 2.23. The summed E-state index contributed by atoms with van der Waals surface area (Å²) in [6.45, 7) is 3.53. The number of rotatable bonds is 6. The van der Waals surface area contributed by atoms with Crippen molar-refractivity contribution in [1.82, 2.24) is 14.5 Å². The van der Waals surface area contributed by atoms with Gasteiger partial charge in [-0.15, -0.1) is 5.10 Å². The molecule has 0 aliphatic heterocycles. The molecule has 0 aliphatic carbocycles. The molecule has 0 saturated carbocycles. The molecule has 8 nitrogen and oxygen atoms in total. The number of aromatic nitrogens is 2. The maximum Gasteiger partial charge on any atom is 0.322 e. The first-order valence-corrected chi connectivity index (χ1v) is 10.1. The Morgan fingerprint density at radius 2 is 1.83 bits per heavy atom. The van der Waals surface area contributed by atoms with Gasteiger partial charge in [-0.25, -0.2) is 12.8 Å². The van der Waals surface area contributed by atoms with Gasteiger partial charge in [0.25, 0.3) is 5.91 Å². The van der Waals surface area contributed by atoms with E-state index in [4.69, 9.17) is 4.42 Å². The van der Waals surface area contributed by atoms with Gasteiger partial charge in [-0.2, -0.15) is 4.31 Å². The van der Waals surface area contributed by atoms with Crippen LogP contribution in [-0.4, -0.2) is 41.9 Å². The second-order valence-electron chi connectivity index (χ2n) is 6.52. The van der Waals surface area contributed by atoms with Crippen LogP contribution in [0.15, 0.2) is 57.8 Å². The molecule has 0 radical (unpaired) electrons. The predicted octanol–water partition coefficient (Wildman–Crippen LogP) is 3.16. The van der Waals surface area contributed by atoms with E-state index in [-0.39, 0.29) is 28.4 Å². The van der Waals surface area contributed by atoms with E-state index in [9.17, 15) is 17.6 Å². The van der Waals surface area contributed by atoms with Gasteiger partial charge in [0, 0.05) is 24.2 Å². The van der Waals surface area contributed by atoms with Crippen molar-refractivity contribution in [2.45, 2.75) is 24.8 Å². The largest absolute Gasteiger partial charge is 0.403 e. The Labute approximate surface area is 167 Å². The molecule has 1 amide bonds. The topological polar surface area (TPSA) is 105 Å². The lowest BCUT2D eigenvalue weighted by molar-refractivity contribution is 0.102. The fraction of sp³-hybridized carbons (Fsp3) is 0.211. The number of nitrogens with one attached hydrogen (secondary N) is 1. The van der Waals surface area contributed by atoms with Crippen LogP contribution in [0.2, 0.25) is 0 Å². The molecule has 29 heavy (non-hydrogen) atoms.